The summed E-state index contributed by atoms with van der Waals surface area (Å²) in [7, 11) is 0. The lowest BCUT2D eigenvalue weighted by atomic mass is 10.0. The van der Waals surface area contributed by atoms with E-state index in [9.17, 15) is 4.79 Å². The van der Waals surface area contributed by atoms with Crippen LogP contribution in [0.25, 0.3) is 22.8 Å². The van der Waals surface area contributed by atoms with E-state index in [1.165, 1.54) is 0 Å². The van der Waals surface area contributed by atoms with Crippen LogP contribution in [0.4, 0.5) is 5.69 Å². The van der Waals surface area contributed by atoms with E-state index in [1.807, 2.05) is 38.1 Å². The van der Waals surface area contributed by atoms with Crippen molar-refractivity contribution in [3.8, 4) is 28.6 Å². The molecule has 4 N–H and O–H groups in total. The van der Waals surface area contributed by atoms with Gasteiger partial charge in [-0.2, -0.15) is 4.98 Å². The predicted molar refractivity (Wildman–Crippen MR) is 112 cm³/mol. The Morgan fingerprint density at radius 2 is 2.20 bits per heavy atom. The number of nitrogens with two attached hydrogens (primary N) is 1. The van der Waals surface area contributed by atoms with E-state index in [4.69, 9.17) is 20.1 Å². The van der Waals surface area contributed by atoms with Gasteiger partial charge in [0, 0.05) is 11.1 Å². The van der Waals surface area contributed by atoms with Crippen molar-refractivity contribution in [2.75, 3.05) is 12.3 Å². The summed E-state index contributed by atoms with van der Waals surface area (Å²) in [5.41, 5.74) is 10.3. The molecule has 0 spiro atoms. The van der Waals surface area contributed by atoms with Crippen LogP contribution in [-0.4, -0.2) is 33.9 Å². The van der Waals surface area contributed by atoms with E-state index in [0.717, 1.165) is 29.5 Å². The Bertz CT molecular complexity index is 1080. The number of nitrogen functional groups attached to an aromatic ring is 1. The van der Waals surface area contributed by atoms with Crippen LogP contribution >= 0.6 is 0 Å². The molecular weight excluding hydrogens is 384 g/mol. The Morgan fingerprint density at radius 3 is 2.93 bits per heavy atom. The third-order valence-corrected chi connectivity index (χ3v) is 5.04. The van der Waals surface area contributed by atoms with Crippen molar-refractivity contribution in [3.63, 3.8) is 0 Å². The number of benzene rings is 2. The van der Waals surface area contributed by atoms with Crippen LogP contribution in [0.15, 0.2) is 40.9 Å². The second-order valence-corrected chi connectivity index (χ2v) is 7.53. The number of anilines is 1. The summed E-state index contributed by atoms with van der Waals surface area (Å²) in [6.45, 7) is 3.36. The number of carbonyl (C=O) groups excluding carboxylic acids is 1. The fourth-order valence-electron chi connectivity index (χ4n) is 3.75. The van der Waals surface area contributed by atoms with Crippen LogP contribution in [0, 0.1) is 0 Å². The van der Waals surface area contributed by atoms with Gasteiger partial charge in [0.05, 0.1) is 17.8 Å². The van der Waals surface area contributed by atoms with Gasteiger partial charge < -0.3 is 25.4 Å². The lowest BCUT2D eigenvalue weighted by Crippen LogP contribution is -2.29. The fourth-order valence-corrected chi connectivity index (χ4v) is 3.75. The predicted octanol–water partition coefficient (Wildman–Crippen LogP) is 2.87. The van der Waals surface area contributed by atoms with E-state index < -0.39 is 6.61 Å². The van der Waals surface area contributed by atoms with Gasteiger partial charge in [-0.3, -0.25) is 4.79 Å². The lowest BCUT2D eigenvalue weighted by Gasteiger charge is -2.13. The number of carbonyl (C=O) groups is 1. The first-order chi connectivity index (χ1) is 14.5. The van der Waals surface area contributed by atoms with Gasteiger partial charge in [-0.15, -0.1) is 0 Å². The van der Waals surface area contributed by atoms with Gasteiger partial charge in [-0.1, -0.05) is 23.4 Å². The van der Waals surface area contributed by atoms with E-state index in [-0.39, 0.29) is 18.1 Å². The molecule has 1 atom stereocenters. The summed E-state index contributed by atoms with van der Waals surface area (Å²) >= 11 is 0. The second kappa shape index (κ2) is 8.16. The summed E-state index contributed by atoms with van der Waals surface area (Å²) in [5, 5.41) is 16.0. The molecule has 30 heavy (non-hydrogen) atoms. The molecule has 0 saturated carbocycles. The van der Waals surface area contributed by atoms with E-state index in [0.29, 0.717) is 28.7 Å². The molecule has 1 heterocycles. The highest BCUT2D eigenvalue weighted by Crippen LogP contribution is 2.37. The van der Waals surface area contributed by atoms with Gasteiger partial charge in [0.2, 0.25) is 11.7 Å². The Morgan fingerprint density at radius 1 is 1.37 bits per heavy atom. The van der Waals surface area contributed by atoms with Crippen LogP contribution < -0.4 is 15.8 Å². The average Bonchev–Trinajstić information content (AvgIpc) is 3.37. The normalized spacial score (nSPS) is 15.3. The van der Waals surface area contributed by atoms with Crippen LogP contribution in [0.5, 0.6) is 5.75 Å². The van der Waals surface area contributed by atoms with Crippen molar-refractivity contribution in [2.45, 2.75) is 38.8 Å². The van der Waals surface area contributed by atoms with Crippen LogP contribution in [0.3, 0.4) is 0 Å². The lowest BCUT2D eigenvalue weighted by molar-refractivity contribution is -0.124. The van der Waals surface area contributed by atoms with E-state index in [1.54, 1.807) is 12.1 Å². The molecule has 0 saturated heterocycles. The summed E-state index contributed by atoms with van der Waals surface area (Å²) in [6.07, 6.45) is 1.57. The van der Waals surface area contributed by atoms with E-state index >= 15 is 0 Å². The minimum atomic E-state index is -0.524. The summed E-state index contributed by atoms with van der Waals surface area (Å²) < 4.78 is 11.2. The molecule has 0 radical (unpaired) electrons. The topological polar surface area (TPSA) is 124 Å². The Labute approximate surface area is 174 Å². The molecule has 1 aliphatic carbocycles. The minimum absolute atomic E-state index is 0.0271. The number of hydrogen-bond donors (Lipinski definition) is 3. The number of nitrogens with zero attached hydrogens (tertiary/aromatic N) is 2. The van der Waals surface area contributed by atoms with Crippen molar-refractivity contribution in [2.24, 2.45) is 0 Å². The number of nitrogens with one attached hydrogen (secondary N) is 1. The highest BCUT2D eigenvalue weighted by atomic mass is 16.5. The maximum atomic E-state index is 11.6. The Hall–Kier alpha value is -3.39. The third-order valence-electron chi connectivity index (χ3n) is 5.04. The highest BCUT2D eigenvalue weighted by Gasteiger charge is 2.27. The number of aromatic nitrogens is 2. The molecule has 1 amide bonds. The molecule has 0 aliphatic heterocycles. The first-order valence-corrected chi connectivity index (χ1v) is 9.89. The van der Waals surface area contributed by atoms with Crippen molar-refractivity contribution < 1.29 is 19.2 Å². The van der Waals surface area contributed by atoms with Gasteiger partial charge in [-0.05, 0) is 56.0 Å². The van der Waals surface area contributed by atoms with Crippen LogP contribution in [0.1, 0.15) is 37.4 Å². The van der Waals surface area contributed by atoms with Crippen molar-refractivity contribution in [1.29, 1.82) is 0 Å². The Balaban J connectivity index is 1.61. The van der Waals surface area contributed by atoms with Gasteiger partial charge in [0.25, 0.3) is 5.89 Å². The third kappa shape index (κ3) is 3.86. The molecule has 1 aliphatic rings. The quantitative estimate of drug-likeness (QED) is 0.536. The molecule has 8 nitrogen and oxygen atoms in total. The zero-order valence-corrected chi connectivity index (χ0v) is 16.9. The number of aliphatic hydroxyl groups is 1. The maximum absolute atomic E-state index is 11.6. The molecule has 2 aromatic carbocycles. The Kier molecular flexibility index (Phi) is 5.41. The number of hydrogen-bond acceptors (Lipinski definition) is 7. The SMILES string of the molecule is CC(C)Oc1ccc(-c2nc(-c3cccc4c3CC[C@@H]4NC(=O)CO)no2)cc1N. The second-order valence-electron chi connectivity index (χ2n) is 7.53. The summed E-state index contributed by atoms with van der Waals surface area (Å²) in [4.78, 5) is 16.1. The zero-order valence-electron chi connectivity index (χ0n) is 16.9. The maximum Gasteiger partial charge on any atom is 0.258 e. The molecule has 4 rings (SSSR count). The van der Waals surface area contributed by atoms with Gasteiger partial charge >= 0.3 is 0 Å². The number of ether oxygens (including phenoxy) is 1. The average molecular weight is 408 g/mol. The zero-order chi connectivity index (χ0) is 21.3. The molecule has 0 unspecified atom stereocenters. The molecule has 0 bridgehead atoms. The standard InChI is InChI=1S/C22H24N4O4/c1-12(2)29-19-9-6-13(10-17(19)23)22-25-21(26-30-22)16-5-3-4-15-14(16)7-8-18(15)24-20(28)11-27/h3-6,9-10,12,18,27H,7-8,11,23H2,1-2H3,(H,24,28)/t18-/m0/s1. The van der Waals surface area contributed by atoms with Crippen LogP contribution in [0.2, 0.25) is 0 Å². The monoisotopic (exact) mass is 408 g/mol. The number of fused-ring (bicyclic) bond motifs is 1. The van der Waals surface area contributed by atoms with Crippen LogP contribution in [-0.2, 0) is 11.2 Å². The summed E-state index contributed by atoms with van der Waals surface area (Å²) in [6, 6.07) is 11.1. The molecule has 3 aromatic rings. The number of rotatable bonds is 6. The molecule has 1 aromatic heterocycles. The molecule has 156 valence electrons. The van der Waals surface area contributed by atoms with E-state index in [2.05, 4.69) is 15.5 Å². The first kappa shape index (κ1) is 19.9. The van der Waals surface area contributed by atoms with Crippen molar-refractivity contribution in [3.05, 3.63) is 47.5 Å². The van der Waals surface area contributed by atoms with Gasteiger partial charge in [0.15, 0.2) is 0 Å². The van der Waals surface area contributed by atoms with Gasteiger partial charge in [0.1, 0.15) is 12.4 Å². The minimum Gasteiger partial charge on any atom is -0.489 e. The van der Waals surface area contributed by atoms with Crippen molar-refractivity contribution in [1.82, 2.24) is 15.5 Å². The highest BCUT2D eigenvalue weighted by molar-refractivity contribution is 5.78. The van der Waals surface area contributed by atoms with Gasteiger partial charge in [-0.25, -0.2) is 0 Å². The summed E-state index contributed by atoms with van der Waals surface area (Å²) in [5.74, 6) is 1.08. The molecule has 8 heteroatoms. The molecular formula is C22H24N4O4. The van der Waals surface area contributed by atoms with Crippen molar-refractivity contribution >= 4 is 11.6 Å². The fraction of sp³-hybridized carbons (Fsp3) is 0.318. The largest absolute Gasteiger partial charge is 0.489 e. The first-order valence-electron chi connectivity index (χ1n) is 9.89. The smallest absolute Gasteiger partial charge is 0.258 e. The number of amides is 1. The molecule has 0 fully saturated rings. The number of aliphatic hydroxyl groups excluding tert-OH is 1.